The molecule has 4 rings (SSSR count). The average Bonchev–Trinajstić information content (AvgIpc) is 3.47. The second-order valence-electron chi connectivity index (χ2n) is 6.38. The van der Waals surface area contributed by atoms with Gasteiger partial charge in [0.05, 0.1) is 24.0 Å². The lowest BCUT2D eigenvalue weighted by atomic mass is 10.2. The summed E-state index contributed by atoms with van der Waals surface area (Å²) in [4.78, 5) is 24.1. The lowest BCUT2D eigenvalue weighted by Gasteiger charge is -2.29. The monoisotopic (exact) mass is 343 g/mol. The molecule has 6 heteroatoms. The molecule has 0 N–H and O–H groups in total. The van der Waals surface area contributed by atoms with E-state index in [9.17, 15) is 4.79 Å². The lowest BCUT2D eigenvalue weighted by molar-refractivity contribution is -0.134. The number of carbonyl (C=O) groups excluding carboxylic acids is 1. The van der Waals surface area contributed by atoms with Crippen LogP contribution < -0.4 is 0 Å². The molecule has 1 saturated carbocycles. The fourth-order valence-electron chi connectivity index (χ4n) is 2.94. The van der Waals surface area contributed by atoms with Crippen LogP contribution in [0.1, 0.15) is 31.5 Å². The zero-order valence-electron chi connectivity index (χ0n) is 13.8. The van der Waals surface area contributed by atoms with Crippen LogP contribution in [0.3, 0.4) is 0 Å². The van der Waals surface area contributed by atoms with Crippen molar-refractivity contribution in [3.8, 4) is 0 Å². The van der Waals surface area contributed by atoms with Gasteiger partial charge >= 0.3 is 0 Å². The van der Waals surface area contributed by atoms with E-state index in [-0.39, 0.29) is 11.2 Å². The van der Waals surface area contributed by atoms with E-state index in [1.165, 1.54) is 12.8 Å². The standard InChI is InChI=1S/C18H21N3O2S/c1-12(18(22)21-8-10-23-11-9-21)24-17-14-4-2-3-5-15(14)19-16(20-17)13-6-7-13/h2-5,12-13H,6-11H2,1H3/t12-/m0/s1. The lowest BCUT2D eigenvalue weighted by Crippen LogP contribution is -2.44. The summed E-state index contributed by atoms with van der Waals surface area (Å²) in [6, 6.07) is 8.07. The van der Waals surface area contributed by atoms with E-state index >= 15 is 0 Å². The van der Waals surface area contributed by atoms with Crippen molar-refractivity contribution in [1.29, 1.82) is 0 Å². The van der Waals surface area contributed by atoms with Gasteiger partial charge in [0.2, 0.25) is 5.91 Å². The van der Waals surface area contributed by atoms with E-state index < -0.39 is 0 Å². The van der Waals surface area contributed by atoms with Crippen LogP contribution in [-0.2, 0) is 9.53 Å². The van der Waals surface area contributed by atoms with Crippen LogP contribution in [0, 0.1) is 0 Å². The third kappa shape index (κ3) is 3.26. The Labute approximate surface area is 145 Å². The van der Waals surface area contributed by atoms with E-state index in [1.54, 1.807) is 11.8 Å². The molecule has 1 saturated heterocycles. The minimum atomic E-state index is -0.159. The first-order chi connectivity index (χ1) is 11.7. The molecule has 2 aliphatic rings. The number of fused-ring (bicyclic) bond motifs is 1. The van der Waals surface area contributed by atoms with Crippen molar-refractivity contribution in [1.82, 2.24) is 14.9 Å². The smallest absolute Gasteiger partial charge is 0.235 e. The summed E-state index contributed by atoms with van der Waals surface area (Å²) in [6.45, 7) is 4.59. The van der Waals surface area contributed by atoms with E-state index in [0.29, 0.717) is 32.2 Å². The highest BCUT2D eigenvalue weighted by Gasteiger charge is 2.29. The Bertz CT molecular complexity index is 757. The van der Waals surface area contributed by atoms with Crippen molar-refractivity contribution in [2.24, 2.45) is 0 Å². The van der Waals surface area contributed by atoms with Crippen LogP contribution in [0.4, 0.5) is 0 Å². The largest absolute Gasteiger partial charge is 0.378 e. The van der Waals surface area contributed by atoms with Crippen molar-refractivity contribution in [2.75, 3.05) is 26.3 Å². The van der Waals surface area contributed by atoms with Gasteiger partial charge in [-0.05, 0) is 25.8 Å². The zero-order valence-corrected chi connectivity index (χ0v) is 14.6. The minimum Gasteiger partial charge on any atom is -0.378 e. The third-order valence-corrected chi connectivity index (χ3v) is 5.58. The molecule has 2 heterocycles. The molecule has 0 bridgehead atoms. The molecule has 126 valence electrons. The molecule has 1 atom stereocenters. The maximum absolute atomic E-state index is 12.7. The molecule has 1 aliphatic carbocycles. The predicted octanol–water partition coefficient (Wildman–Crippen LogP) is 2.85. The molecule has 0 spiro atoms. The molecule has 0 radical (unpaired) electrons. The van der Waals surface area contributed by atoms with Gasteiger partial charge in [-0.1, -0.05) is 30.0 Å². The number of thioether (sulfide) groups is 1. The van der Waals surface area contributed by atoms with Gasteiger partial charge in [-0.2, -0.15) is 0 Å². The van der Waals surface area contributed by atoms with Crippen LogP contribution in [0.2, 0.25) is 0 Å². The van der Waals surface area contributed by atoms with Gasteiger partial charge in [0, 0.05) is 24.4 Å². The van der Waals surface area contributed by atoms with Crippen molar-refractivity contribution in [3.63, 3.8) is 0 Å². The summed E-state index contributed by atoms with van der Waals surface area (Å²) in [5.41, 5.74) is 0.975. The van der Waals surface area contributed by atoms with Gasteiger partial charge < -0.3 is 9.64 Å². The van der Waals surface area contributed by atoms with Gasteiger partial charge in [0.15, 0.2) is 0 Å². The maximum atomic E-state index is 12.7. The van der Waals surface area contributed by atoms with Crippen molar-refractivity contribution in [2.45, 2.75) is 36.0 Å². The minimum absolute atomic E-state index is 0.159. The van der Waals surface area contributed by atoms with Crippen LogP contribution in [0.15, 0.2) is 29.3 Å². The van der Waals surface area contributed by atoms with E-state index in [2.05, 4.69) is 0 Å². The Balaban J connectivity index is 1.59. The van der Waals surface area contributed by atoms with E-state index in [4.69, 9.17) is 14.7 Å². The van der Waals surface area contributed by atoms with Gasteiger partial charge in [0.25, 0.3) is 0 Å². The zero-order chi connectivity index (χ0) is 16.5. The molecule has 1 aliphatic heterocycles. The first-order valence-electron chi connectivity index (χ1n) is 8.52. The van der Waals surface area contributed by atoms with E-state index in [0.717, 1.165) is 21.8 Å². The molecule has 5 nitrogen and oxygen atoms in total. The number of rotatable bonds is 4. The Morgan fingerprint density at radius 1 is 1.25 bits per heavy atom. The van der Waals surface area contributed by atoms with Crippen LogP contribution >= 0.6 is 11.8 Å². The second-order valence-corrected chi connectivity index (χ2v) is 7.71. The summed E-state index contributed by atoms with van der Waals surface area (Å²) in [7, 11) is 0. The molecule has 1 amide bonds. The number of hydrogen-bond acceptors (Lipinski definition) is 5. The Morgan fingerprint density at radius 2 is 2.00 bits per heavy atom. The second kappa shape index (κ2) is 6.69. The highest BCUT2D eigenvalue weighted by atomic mass is 32.2. The van der Waals surface area contributed by atoms with Gasteiger partial charge in [-0.3, -0.25) is 4.79 Å². The van der Waals surface area contributed by atoms with Crippen molar-refractivity contribution < 1.29 is 9.53 Å². The summed E-state index contributed by atoms with van der Waals surface area (Å²) < 4.78 is 5.33. The number of ether oxygens (including phenoxy) is 1. The first kappa shape index (κ1) is 15.8. The normalized spacial score (nSPS) is 19.5. The third-order valence-electron chi connectivity index (χ3n) is 4.49. The van der Waals surface area contributed by atoms with Crippen molar-refractivity contribution >= 4 is 28.6 Å². The molecule has 2 fully saturated rings. The molecule has 0 unspecified atom stereocenters. The number of nitrogens with zero attached hydrogens (tertiary/aromatic N) is 3. The number of hydrogen-bond donors (Lipinski definition) is 0. The maximum Gasteiger partial charge on any atom is 0.235 e. The molecular formula is C18H21N3O2S. The summed E-state index contributed by atoms with van der Waals surface area (Å²) in [5.74, 6) is 1.60. The molecule has 24 heavy (non-hydrogen) atoms. The Kier molecular flexibility index (Phi) is 4.41. The highest BCUT2D eigenvalue weighted by Crippen LogP contribution is 2.40. The number of morpholine rings is 1. The molecule has 1 aromatic carbocycles. The quantitative estimate of drug-likeness (QED) is 0.631. The van der Waals surface area contributed by atoms with Gasteiger partial charge in [-0.25, -0.2) is 9.97 Å². The molecular weight excluding hydrogens is 322 g/mol. The molecule has 2 aromatic rings. The van der Waals surface area contributed by atoms with Crippen molar-refractivity contribution in [3.05, 3.63) is 30.1 Å². The average molecular weight is 343 g/mol. The van der Waals surface area contributed by atoms with Crippen LogP contribution in [0.5, 0.6) is 0 Å². The Morgan fingerprint density at radius 3 is 2.75 bits per heavy atom. The summed E-state index contributed by atoms with van der Waals surface area (Å²) in [6.07, 6.45) is 2.34. The summed E-state index contributed by atoms with van der Waals surface area (Å²) >= 11 is 1.55. The highest BCUT2D eigenvalue weighted by molar-refractivity contribution is 8.00. The van der Waals surface area contributed by atoms with E-state index in [1.807, 2.05) is 36.1 Å². The number of carbonyl (C=O) groups is 1. The summed E-state index contributed by atoms with van der Waals surface area (Å²) in [5, 5.41) is 1.80. The Hall–Kier alpha value is -1.66. The fourth-order valence-corrected chi connectivity index (χ4v) is 3.97. The van der Waals surface area contributed by atoms with Gasteiger partial charge in [-0.15, -0.1) is 0 Å². The fraction of sp³-hybridized carbons (Fsp3) is 0.500. The van der Waals surface area contributed by atoms with Crippen LogP contribution in [0.25, 0.3) is 10.9 Å². The number of amides is 1. The van der Waals surface area contributed by atoms with Gasteiger partial charge in [0.1, 0.15) is 10.9 Å². The topological polar surface area (TPSA) is 55.3 Å². The molecule has 1 aromatic heterocycles. The predicted molar refractivity (Wildman–Crippen MR) is 94.2 cm³/mol. The number of benzene rings is 1. The number of aromatic nitrogens is 2. The first-order valence-corrected chi connectivity index (χ1v) is 9.40. The number of para-hydroxylation sites is 1. The van der Waals surface area contributed by atoms with Crippen LogP contribution in [-0.4, -0.2) is 52.3 Å². The SMILES string of the molecule is C[C@H](Sc1nc(C2CC2)nc2ccccc12)C(=O)N1CCOCC1.